The van der Waals surface area contributed by atoms with Crippen LogP contribution in [0.3, 0.4) is 0 Å². The zero-order chi connectivity index (χ0) is 12.5. The second kappa shape index (κ2) is 8.90. The average Bonchev–Trinajstić information content (AvgIpc) is 3.14. The summed E-state index contributed by atoms with van der Waals surface area (Å²) < 4.78 is 5.05. The molecule has 0 aromatic heterocycles. The molecule has 0 aromatic rings. The third-order valence-electron chi connectivity index (χ3n) is 3.49. The highest BCUT2D eigenvalue weighted by molar-refractivity contribution is 4.87. The predicted molar refractivity (Wildman–Crippen MR) is 73.5 cm³/mol. The van der Waals surface area contributed by atoms with Gasteiger partial charge in [0.25, 0.3) is 0 Å². The Labute approximate surface area is 107 Å². The van der Waals surface area contributed by atoms with Crippen molar-refractivity contribution in [3.05, 3.63) is 0 Å². The van der Waals surface area contributed by atoms with Crippen LogP contribution >= 0.6 is 0 Å². The lowest BCUT2D eigenvalue weighted by atomic mass is 10.2. The van der Waals surface area contributed by atoms with Gasteiger partial charge in [0.1, 0.15) is 0 Å². The smallest absolute Gasteiger partial charge is 0.0474 e. The molecule has 1 rings (SSSR count). The maximum absolute atomic E-state index is 5.05. The summed E-state index contributed by atoms with van der Waals surface area (Å²) in [6.07, 6.45) is 6.58. The van der Waals surface area contributed by atoms with E-state index < -0.39 is 0 Å². The molecule has 0 saturated heterocycles. The van der Waals surface area contributed by atoms with Gasteiger partial charge in [-0.1, -0.05) is 13.3 Å². The van der Waals surface area contributed by atoms with Gasteiger partial charge in [-0.15, -0.1) is 0 Å². The Kier molecular flexibility index (Phi) is 7.82. The minimum Gasteiger partial charge on any atom is -0.385 e. The average molecular weight is 242 g/mol. The summed E-state index contributed by atoms with van der Waals surface area (Å²) >= 11 is 0. The molecule has 17 heavy (non-hydrogen) atoms. The quantitative estimate of drug-likeness (QED) is 0.563. The van der Waals surface area contributed by atoms with Crippen LogP contribution < -0.4 is 5.32 Å². The van der Waals surface area contributed by atoms with E-state index in [9.17, 15) is 0 Å². The Bertz CT molecular complexity index is 183. The minimum atomic E-state index is 0.677. The first kappa shape index (κ1) is 14.9. The van der Waals surface area contributed by atoms with Gasteiger partial charge in [0.05, 0.1) is 0 Å². The Balaban J connectivity index is 2.11. The van der Waals surface area contributed by atoms with Crippen molar-refractivity contribution >= 4 is 0 Å². The van der Waals surface area contributed by atoms with E-state index in [1.54, 1.807) is 7.11 Å². The van der Waals surface area contributed by atoms with Crippen LogP contribution in [0, 0.1) is 0 Å². The summed E-state index contributed by atoms with van der Waals surface area (Å²) in [5.74, 6) is 0. The van der Waals surface area contributed by atoms with Crippen molar-refractivity contribution in [2.24, 2.45) is 0 Å². The van der Waals surface area contributed by atoms with Gasteiger partial charge in [-0.05, 0) is 45.7 Å². The van der Waals surface area contributed by atoms with Crippen molar-refractivity contribution in [3.8, 4) is 0 Å². The topological polar surface area (TPSA) is 24.5 Å². The molecule has 0 radical (unpaired) electrons. The fourth-order valence-corrected chi connectivity index (χ4v) is 2.28. The molecule has 0 spiro atoms. The first-order valence-electron chi connectivity index (χ1n) is 7.25. The molecular formula is C14H30N2O. The lowest BCUT2D eigenvalue weighted by Gasteiger charge is -2.29. The highest BCUT2D eigenvalue weighted by Crippen LogP contribution is 2.28. The molecule has 0 aromatic carbocycles. The molecule has 1 saturated carbocycles. The Hall–Kier alpha value is -0.120. The van der Waals surface area contributed by atoms with Crippen LogP contribution in [0.1, 0.15) is 46.0 Å². The molecule has 102 valence electrons. The molecule has 1 N–H and O–H groups in total. The molecule has 1 aliphatic carbocycles. The number of hydrogen-bond acceptors (Lipinski definition) is 3. The van der Waals surface area contributed by atoms with E-state index in [1.165, 1.54) is 32.2 Å². The van der Waals surface area contributed by atoms with Crippen LogP contribution in [0.4, 0.5) is 0 Å². The third kappa shape index (κ3) is 6.39. The molecule has 1 atom stereocenters. The Morgan fingerprint density at radius 3 is 2.71 bits per heavy atom. The van der Waals surface area contributed by atoms with E-state index >= 15 is 0 Å². The number of rotatable bonds is 11. The fraction of sp³-hybridized carbons (Fsp3) is 1.00. The summed E-state index contributed by atoms with van der Waals surface area (Å²) in [7, 11) is 1.77. The minimum absolute atomic E-state index is 0.677. The lowest BCUT2D eigenvalue weighted by Crippen LogP contribution is -2.42. The summed E-state index contributed by atoms with van der Waals surface area (Å²) in [6, 6.07) is 1.56. The van der Waals surface area contributed by atoms with Crippen LogP contribution in [-0.2, 0) is 4.74 Å². The van der Waals surface area contributed by atoms with Crippen molar-refractivity contribution in [2.75, 3.05) is 33.4 Å². The van der Waals surface area contributed by atoms with E-state index in [1.807, 2.05) is 0 Å². The van der Waals surface area contributed by atoms with Gasteiger partial charge in [-0.2, -0.15) is 0 Å². The summed E-state index contributed by atoms with van der Waals surface area (Å²) in [4.78, 5) is 2.70. The van der Waals surface area contributed by atoms with E-state index in [4.69, 9.17) is 4.74 Å². The molecule has 0 heterocycles. The first-order chi connectivity index (χ1) is 8.29. The number of hydrogen-bond donors (Lipinski definition) is 1. The Morgan fingerprint density at radius 1 is 1.35 bits per heavy atom. The number of unbranched alkanes of at least 4 members (excludes halogenated alkanes) is 1. The zero-order valence-corrected chi connectivity index (χ0v) is 11.9. The molecule has 0 amide bonds. The summed E-state index contributed by atoms with van der Waals surface area (Å²) in [5.41, 5.74) is 0. The van der Waals surface area contributed by atoms with Crippen LogP contribution in [0.5, 0.6) is 0 Å². The number of nitrogens with zero attached hydrogens (tertiary/aromatic N) is 1. The van der Waals surface area contributed by atoms with Gasteiger partial charge in [0.2, 0.25) is 0 Å². The Morgan fingerprint density at radius 2 is 2.12 bits per heavy atom. The predicted octanol–water partition coefficient (Wildman–Crippen LogP) is 2.27. The van der Waals surface area contributed by atoms with E-state index in [0.717, 1.165) is 32.2 Å². The molecule has 3 heteroatoms. The number of nitrogens with one attached hydrogen (secondary N) is 1. The van der Waals surface area contributed by atoms with Crippen molar-refractivity contribution in [3.63, 3.8) is 0 Å². The maximum atomic E-state index is 5.05. The molecule has 0 bridgehead atoms. The lowest BCUT2D eigenvalue weighted by molar-refractivity contribution is 0.181. The van der Waals surface area contributed by atoms with Crippen LogP contribution in [0.25, 0.3) is 0 Å². The van der Waals surface area contributed by atoms with Gasteiger partial charge in [-0.25, -0.2) is 0 Å². The van der Waals surface area contributed by atoms with Crippen molar-refractivity contribution in [1.82, 2.24) is 10.2 Å². The summed E-state index contributed by atoms with van der Waals surface area (Å²) in [6.45, 7) is 8.97. The number of ether oxygens (including phenoxy) is 1. The second-order valence-corrected chi connectivity index (χ2v) is 5.22. The van der Waals surface area contributed by atoms with Gasteiger partial charge in [0, 0.05) is 32.3 Å². The normalized spacial score (nSPS) is 17.6. The van der Waals surface area contributed by atoms with Crippen molar-refractivity contribution in [1.29, 1.82) is 0 Å². The monoisotopic (exact) mass is 242 g/mol. The van der Waals surface area contributed by atoms with E-state index in [2.05, 4.69) is 24.1 Å². The van der Waals surface area contributed by atoms with Gasteiger partial charge in [-0.3, -0.25) is 4.90 Å². The molecule has 1 unspecified atom stereocenters. The van der Waals surface area contributed by atoms with Gasteiger partial charge in [0.15, 0.2) is 0 Å². The van der Waals surface area contributed by atoms with Crippen molar-refractivity contribution < 1.29 is 4.74 Å². The highest BCUT2D eigenvalue weighted by Gasteiger charge is 2.31. The third-order valence-corrected chi connectivity index (χ3v) is 3.49. The van der Waals surface area contributed by atoms with Crippen molar-refractivity contribution in [2.45, 2.75) is 58.0 Å². The number of methoxy groups -OCH3 is 1. The van der Waals surface area contributed by atoms with Crippen LogP contribution in [0.15, 0.2) is 0 Å². The van der Waals surface area contributed by atoms with Crippen LogP contribution in [0.2, 0.25) is 0 Å². The highest BCUT2D eigenvalue weighted by atomic mass is 16.5. The standard InChI is InChI=1S/C14H30N2O/c1-4-5-10-16(14-7-8-14)13(2)12-15-9-6-11-17-3/h13-15H,4-12H2,1-3H3. The van der Waals surface area contributed by atoms with Crippen LogP contribution in [-0.4, -0.2) is 50.3 Å². The fourth-order valence-electron chi connectivity index (χ4n) is 2.28. The van der Waals surface area contributed by atoms with Gasteiger partial charge < -0.3 is 10.1 Å². The SMILES string of the molecule is CCCCN(C(C)CNCCCOC)C1CC1. The zero-order valence-electron chi connectivity index (χ0n) is 11.9. The summed E-state index contributed by atoms with van der Waals surface area (Å²) in [5, 5.41) is 3.54. The molecular weight excluding hydrogens is 212 g/mol. The molecule has 1 aliphatic rings. The molecule has 3 nitrogen and oxygen atoms in total. The van der Waals surface area contributed by atoms with Gasteiger partial charge >= 0.3 is 0 Å². The first-order valence-corrected chi connectivity index (χ1v) is 7.25. The van der Waals surface area contributed by atoms with E-state index in [0.29, 0.717) is 6.04 Å². The molecule has 0 aliphatic heterocycles. The maximum Gasteiger partial charge on any atom is 0.0474 e. The molecule has 1 fully saturated rings. The largest absolute Gasteiger partial charge is 0.385 e. The second-order valence-electron chi connectivity index (χ2n) is 5.22. The van der Waals surface area contributed by atoms with E-state index in [-0.39, 0.29) is 0 Å².